The molecule has 30 heavy (non-hydrogen) atoms. The Kier molecular flexibility index (Phi) is 12.0. The third-order valence-electron chi connectivity index (χ3n) is 4.28. The minimum atomic E-state index is -1.25. The van der Waals surface area contributed by atoms with Gasteiger partial charge in [-0.05, 0) is 25.7 Å². The van der Waals surface area contributed by atoms with Crippen LogP contribution in [0.1, 0.15) is 79.1 Å². The second-order valence-electron chi connectivity index (χ2n) is 7.12. The number of carbonyl (C=O) groups excluding carboxylic acids is 4. The molecule has 0 aliphatic carbocycles. The van der Waals surface area contributed by atoms with Crippen LogP contribution in [0.15, 0.2) is 0 Å². The SMILES string of the molecule is CCCC(=O)OC[C@H]1O[C@@H](OC(=O)CCC)[C@H](OC(=O)CCC)[C@@H]1OC(=O)CCC. The molecule has 1 fully saturated rings. The van der Waals surface area contributed by atoms with Gasteiger partial charge in [-0.2, -0.15) is 0 Å². The topological polar surface area (TPSA) is 114 Å². The molecule has 0 radical (unpaired) electrons. The molecule has 0 unspecified atom stereocenters. The Hall–Kier alpha value is -2.16. The Balaban J connectivity index is 3.03. The molecule has 0 saturated carbocycles. The largest absolute Gasteiger partial charge is 0.463 e. The van der Waals surface area contributed by atoms with Crippen molar-refractivity contribution in [3.8, 4) is 0 Å². The predicted molar refractivity (Wildman–Crippen MR) is 105 cm³/mol. The van der Waals surface area contributed by atoms with Gasteiger partial charge in [0, 0.05) is 25.7 Å². The van der Waals surface area contributed by atoms with Crippen molar-refractivity contribution < 1.29 is 42.9 Å². The van der Waals surface area contributed by atoms with Crippen molar-refractivity contribution in [1.29, 1.82) is 0 Å². The van der Waals surface area contributed by atoms with Crippen LogP contribution in [0.3, 0.4) is 0 Å². The molecule has 1 aliphatic rings. The molecular weight excluding hydrogens is 396 g/mol. The van der Waals surface area contributed by atoms with Crippen LogP contribution >= 0.6 is 0 Å². The van der Waals surface area contributed by atoms with Crippen molar-refractivity contribution in [3.05, 3.63) is 0 Å². The van der Waals surface area contributed by atoms with E-state index in [0.717, 1.165) is 0 Å². The van der Waals surface area contributed by atoms with E-state index in [-0.39, 0.29) is 32.3 Å². The minimum Gasteiger partial charge on any atom is -0.463 e. The van der Waals surface area contributed by atoms with Crippen LogP contribution in [-0.4, -0.2) is 55.1 Å². The third kappa shape index (κ3) is 8.69. The molecule has 4 atom stereocenters. The summed E-state index contributed by atoms with van der Waals surface area (Å²) in [5.74, 6) is -1.98. The smallest absolute Gasteiger partial charge is 0.308 e. The monoisotopic (exact) mass is 430 g/mol. The Labute approximate surface area is 177 Å². The molecule has 9 nitrogen and oxygen atoms in total. The van der Waals surface area contributed by atoms with E-state index in [9.17, 15) is 19.2 Å². The fourth-order valence-electron chi connectivity index (χ4n) is 2.86. The maximum Gasteiger partial charge on any atom is 0.308 e. The van der Waals surface area contributed by atoms with Crippen LogP contribution in [0.5, 0.6) is 0 Å². The van der Waals surface area contributed by atoms with Gasteiger partial charge in [0.25, 0.3) is 0 Å². The first-order valence-electron chi connectivity index (χ1n) is 10.8. The Morgan fingerprint density at radius 2 is 1.07 bits per heavy atom. The van der Waals surface area contributed by atoms with Gasteiger partial charge in [-0.3, -0.25) is 19.2 Å². The van der Waals surface area contributed by atoms with E-state index >= 15 is 0 Å². The van der Waals surface area contributed by atoms with Crippen LogP contribution in [0, 0.1) is 0 Å². The second kappa shape index (κ2) is 14.0. The average molecular weight is 430 g/mol. The van der Waals surface area contributed by atoms with Gasteiger partial charge < -0.3 is 23.7 Å². The molecular formula is C21H34O9. The molecule has 1 rings (SSSR count). The van der Waals surface area contributed by atoms with Crippen LogP contribution < -0.4 is 0 Å². The summed E-state index contributed by atoms with van der Waals surface area (Å²) in [6.45, 7) is 7.09. The molecule has 0 aromatic heterocycles. The van der Waals surface area contributed by atoms with E-state index in [2.05, 4.69) is 0 Å². The van der Waals surface area contributed by atoms with Crippen molar-refractivity contribution in [2.75, 3.05) is 6.61 Å². The van der Waals surface area contributed by atoms with Crippen LogP contribution in [-0.2, 0) is 42.9 Å². The molecule has 0 aromatic carbocycles. The number of ether oxygens (including phenoxy) is 5. The number of hydrogen-bond donors (Lipinski definition) is 0. The van der Waals surface area contributed by atoms with Gasteiger partial charge in [-0.1, -0.05) is 27.7 Å². The lowest BCUT2D eigenvalue weighted by Crippen LogP contribution is -2.42. The Morgan fingerprint density at radius 1 is 0.633 bits per heavy atom. The van der Waals surface area contributed by atoms with Crippen molar-refractivity contribution in [3.63, 3.8) is 0 Å². The predicted octanol–water partition coefficient (Wildman–Crippen LogP) is 2.82. The number of esters is 4. The van der Waals surface area contributed by atoms with Gasteiger partial charge in [0.1, 0.15) is 12.7 Å². The summed E-state index contributed by atoms with van der Waals surface area (Å²) in [6, 6.07) is 0. The zero-order chi connectivity index (χ0) is 22.5. The van der Waals surface area contributed by atoms with Gasteiger partial charge in [0.2, 0.25) is 12.4 Å². The van der Waals surface area contributed by atoms with Crippen LogP contribution in [0.4, 0.5) is 0 Å². The van der Waals surface area contributed by atoms with Gasteiger partial charge in [0.05, 0.1) is 0 Å². The average Bonchev–Trinajstić information content (AvgIpc) is 2.97. The maximum absolute atomic E-state index is 12.1. The van der Waals surface area contributed by atoms with Crippen LogP contribution in [0.2, 0.25) is 0 Å². The zero-order valence-corrected chi connectivity index (χ0v) is 18.3. The first-order valence-corrected chi connectivity index (χ1v) is 10.8. The molecule has 0 N–H and O–H groups in total. The van der Waals surface area contributed by atoms with Crippen molar-refractivity contribution in [2.24, 2.45) is 0 Å². The molecule has 0 aromatic rings. The molecule has 1 aliphatic heterocycles. The first-order chi connectivity index (χ1) is 14.4. The van der Waals surface area contributed by atoms with Crippen LogP contribution in [0.25, 0.3) is 0 Å². The summed E-state index contributed by atoms with van der Waals surface area (Å²) >= 11 is 0. The van der Waals surface area contributed by atoms with E-state index in [4.69, 9.17) is 23.7 Å². The van der Waals surface area contributed by atoms with E-state index in [1.54, 1.807) is 0 Å². The fourth-order valence-corrected chi connectivity index (χ4v) is 2.86. The highest BCUT2D eigenvalue weighted by molar-refractivity contribution is 5.72. The number of hydrogen-bond acceptors (Lipinski definition) is 9. The second-order valence-corrected chi connectivity index (χ2v) is 7.12. The lowest BCUT2D eigenvalue weighted by Gasteiger charge is -2.24. The summed E-state index contributed by atoms with van der Waals surface area (Å²) in [6.07, 6.45) is -1.35. The quantitative estimate of drug-likeness (QED) is 0.321. The summed E-state index contributed by atoms with van der Waals surface area (Å²) < 4.78 is 27.2. The highest BCUT2D eigenvalue weighted by Gasteiger charge is 2.52. The van der Waals surface area contributed by atoms with E-state index in [0.29, 0.717) is 25.7 Å². The summed E-state index contributed by atoms with van der Waals surface area (Å²) in [5, 5.41) is 0. The third-order valence-corrected chi connectivity index (χ3v) is 4.28. The minimum absolute atomic E-state index is 0.151. The molecule has 1 saturated heterocycles. The van der Waals surface area contributed by atoms with E-state index in [1.807, 2.05) is 27.7 Å². The van der Waals surface area contributed by atoms with Gasteiger partial charge in [-0.15, -0.1) is 0 Å². The molecule has 172 valence electrons. The van der Waals surface area contributed by atoms with Crippen molar-refractivity contribution in [1.82, 2.24) is 0 Å². The highest BCUT2D eigenvalue weighted by atomic mass is 16.8. The maximum atomic E-state index is 12.1. The molecule has 0 bridgehead atoms. The normalized spacial score (nSPS) is 22.9. The lowest BCUT2D eigenvalue weighted by atomic mass is 10.1. The number of rotatable bonds is 13. The Morgan fingerprint density at radius 3 is 1.57 bits per heavy atom. The van der Waals surface area contributed by atoms with Crippen molar-refractivity contribution in [2.45, 2.75) is 104 Å². The lowest BCUT2D eigenvalue weighted by molar-refractivity contribution is -0.200. The highest BCUT2D eigenvalue weighted by Crippen LogP contribution is 2.29. The Bertz CT molecular complexity index is 575. The zero-order valence-electron chi connectivity index (χ0n) is 18.3. The molecule has 0 spiro atoms. The van der Waals surface area contributed by atoms with E-state index in [1.165, 1.54) is 0 Å². The summed E-state index contributed by atoms with van der Waals surface area (Å²) in [4.78, 5) is 48.0. The van der Waals surface area contributed by atoms with Crippen molar-refractivity contribution >= 4 is 23.9 Å². The van der Waals surface area contributed by atoms with Gasteiger partial charge in [-0.25, -0.2) is 0 Å². The summed E-state index contributed by atoms with van der Waals surface area (Å²) in [5.41, 5.74) is 0. The fraction of sp³-hybridized carbons (Fsp3) is 0.810. The first kappa shape index (κ1) is 25.9. The van der Waals surface area contributed by atoms with Gasteiger partial charge >= 0.3 is 23.9 Å². The standard InChI is InChI=1S/C21H34O9/c1-5-9-15(22)26-13-14-19(28-16(23)10-6-2)20(29-17(24)11-7-3)21(27-14)30-18(25)12-8-4/h14,19-21H,5-13H2,1-4H3/t14-,19-,20-,21+/m1/s1. The number of carbonyl (C=O) groups is 4. The van der Waals surface area contributed by atoms with Gasteiger partial charge in [0.15, 0.2) is 6.10 Å². The summed E-state index contributed by atoms with van der Waals surface area (Å²) in [7, 11) is 0. The van der Waals surface area contributed by atoms with E-state index < -0.39 is 48.5 Å². The molecule has 0 amide bonds. The molecule has 1 heterocycles. The molecule has 9 heteroatoms.